The number of nitrogens with zero attached hydrogens (tertiary/aromatic N) is 3. The first-order chi connectivity index (χ1) is 25.0. The maximum absolute atomic E-state index is 14.1. The zero-order chi connectivity index (χ0) is 37.1. The number of carbonyl (C=O) groups excluding carboxylic acids is 5. The second-order valence-corrected chi connectivity index (χ2v) is 13.3. The van der Waals surface area contributed by atoms with Crippen molar-refractivity contribution in [2.24, 2.45) is 0 Å². The molecule has 4 N–H and O–H groups in total. The molecule has 0 radical (unpaired) electrons. The van der Waals surface area contributed by atoms with Crippen LogP contribution in [-0.4, -0.2) is 108 Å². The summed E-state index contributed by atoms with van der Waals surface area (Å²) in [5.74, 6) is -1.18. The molecule has 6 rings (SSSR count). The molecule has 1 fully saturated rings. The van der Waals surface area contributed by atoms with Gasteiger partial charge in [-0.2, -0.15) is 0 Å². The highest BCUT2D eigenvalue weighted by Crippen LogP contribution is 2.31. The van der Waals surface area contributed by atoms with Crippen molar-refractivity contribution >= 4 is 29.5 Å². The lowest BCUT2D eigenvalue weighted by Gasteiger charge is -2.41. The molecule has 2 aromatic carbocycles. The Morgan fingerprint density at radius 2 is 1.48 bits per heavy atom. The summed E-state index contributed by atoms with van der Waals surface area (Å²) >= 11 is 0. The minimum atomic E-state index is -1.39. The summed E-state index contributed by atoms with van der Waals surface area (Å²) in [5.41, 5.74) is 0.447. The van der Waals surface area contributed by atoms with E-state index in [4.69, 9.17) is 9.47 Å². The fourth-order valence-corrected chi connectivity index (χ4v) is 6.13. The Hall–Kier alpha value is -5.50. The van der Waals surface area contributed by atoms with Gasteiger partial charge in [0.1, 0.15) is 36.2 Å². The molecule has 4 heterocycles. The number of likely N-dealkylation sites (N-methyl/N-ethyl adjacent to an activating group) is 1. The van der Waals surface area contributed by atoms with Gasteiger partial charge in [0.25, 0.3) is 5.91 Å². The number of fused-ring (bicyclic) bond motifs is 15. The van der Waals surface area contributed by atoms with Crippen molar-refractivity contribution in [3.05, 3.63) is 90.3 Å². The largest absolute Gasteiger partial charge is 0.492 e. The molecule has 1 aromatic heterocycles. The zero-order valence-corrected chi connectivity index (χ0v) is 29.8. The van der Waals surface area contributed by atoms with Gasteiger partial charge < -0.3 is 35.6 Å². The van der Waals surface area contributed by atoms with Crippen LogP contribution in [0.4, 0.5) is 0 Å². The third-order valence-electron chi connectivity index (χ3n) is 9.16. The molecule has 3 aliphatic rings. The predicted molar refractivity (Wildman–Crippen MR) is 192 cm³/mol. The fourth-order valence-electron chi connectivity index (χ4n) is 6.13. The lowest BCUT2D eigenvalue weighted by molar-refractivity contribution is -0.148. The average Bonchev–Trinajstić information content (AvgIpc) is 3.14. The molecule has 0 saturated carbocycles. The van der Waals surface area contributed by atoms with Crippen LogP contribution in [-0.2, 0) is 36.9 Å². The van der Waals surface area contributed by atoms with Gasteiger partial charge >= 0.3 is 0 Å². The molecular formula is C38H47N7O7. The molecule has 1 spiro atoms. The van der Waals surface area contributed by atoms with Crippen LogP contribution in [0.15, 0.2) is 79.1 Å². The number of aromatic nitrogens is 1. The summed E-state index contributed by atoms with van der Waals surface area (Å²) in [6, 6.07) is 16.8. The first kappa shape index (κ1) is 37.7. The van der Waals surface area contributed by atoms with Gasteiger partial charge in [-0.1, -0.05) is 30.3 Å². The van der Waals surface area contributed by atoms with E-state index in [0.717, 1.165) is 11.1 Å². The van der Waals surface area contributed by atoms with E-state index in [9.17, 15) is 24.0 Å². The fraction of sp³-hybridized carbons (Fsp3) is 0.421. The van der Waals surface area contributed by atoms with Gasteiger partial charge in [0.15, 0.2) is 5.60 Å². The number of likely N-dealkylation sites (tertiary alicyclic amines) is 1. The maximum Gasteiger partial charge on any atom is 0.264 e. The summed E-state index contributed by atoms with van der Waals surface area (Å²) < 4.78 is 12.2. The third-order valence-corrected chi connectivity index (χ3v) is 9.16. The van der Waals surface area contributed by atoms with Crippen LogP contribution in [0.25, 0.3) is 0 Å². The highest BCUT2D eigenvalue weighted by atomic mass is 16.5. The number of carbonyl (C=O) groups is 5. The molecule has 5 amide bonds. The maximum atomic E-state index is 14.1. The van der Waals surface area contributed by atoms with Gasteiger partial charge in [0, 0.05) is 51.3 Å². The quantitative estimate of drug-likeness (QED) is 0.274. The molecular weight excluding hydrogens is 666 g/mol. The van der Waals surface area contributed by atoms with Crippen LogP contribution in [0.5, 0.6) is 11.5 Å². The van der Waals surface area contributed by atoms with Crippen LogP contribution in [0.3, 0.4) is 0 Å². The van der Waals surface area contributed by atoms with Gasteiger partial charge in [-0.3, -0.25) is 33.9 Å². The Balaban J connectivity index is 1.33. The Bertz CT molecular complexity index is 1680. The molecule has 14 nitrogen and oxygen atoms in total. The van der Waals surface area contributed by atoms with E-state index in [2.05, 4.69) is 26.3 Å². The topological polar surface area (TPSA) is 171 Å². The second-order valence-electron chi connectivity index (χ2n) is 13.3. The number of hydrogen-bond donors (Lipinski definition) is 4. The Morgan fingerprint density at radius 3 is 2.17 bits per heavy atom. The van der Waals surface area contributed by atoms with E-state index in [1.54, 1.807) is 48.5 Å². The van der Waals surface area contributed by atoms with Crippen molar-refractivity contribution in [1.82, 2.24) is 36.1 Å². The van der Waals surface area contributed by atoms with Crippen molar-refractivity contribution in [3.8, 4) is 11.5 Å². The van der Waals surface area contributed by atoms with Crippen LogP contribution in [0.1, 0.15) is 37.8 Å². The SMILES string of the molecule is C[C@@H]1NC(=O)[C@H](Cc2ccccc2)NC(=O)[C@H](C)NC(=O)C2(CCN(C(=O)CN(C)Cc3ccncc3)CC2)Oc2ccc(cc2)OCCNC1=O. The zero-order valence-electron chi connectivity index (χ0n) is 29.8. The number of piperidine rings is 1. The molecule has 2 bridgehead atoms. The number of rotatable bonds is 6. The Kier molecular flexibility index (Phi) is 12.8. The molecule has 276 valence electrons. The molecule has 14 heteroatoms. The van der Waals surface area contributed by atoms with Gasteiger partial charge in [0.2, 0.25) is 23.6 Å². The van der Waals surface area contributed by atoms with Crippen LogP contribution in [0, 0.1) is 0 Å². The molecule has 0 unspecified atom stereocenters. The molecule has 3 aromatic rings. The summed E-state index contributed by atoms with van der Waals surface area (Å²) in [6.45, 7) is 4.76. The van der Waals surface area contributed by atoms with Crippen molar-refractivity contribution in [3.63, 3.8) is 0 Å². The van der Waals surface area contributed by atoms with Gasteiger partial charge in [-0.25, -0.2) is 0 Å². The van der Waals surface area contributed by atoms with E-state index in [1.165, 1.54) is 6.92 Å². The number of benzene rings is 2. The summed E-state index contributed by atoms with van der Waals surface area (Å²) in [5, 5.41) is 11.0. The standard InChI is InChI=1S/C38H47N7O7/c1-26-34(47)40-19-22-51-30-9-11-31(12-10-30)52-38(15-20-45(21-16-38)33(46)25-44(3)24-29-13-17-39-18-14-29)37(50)42-27(2)35(48)43-32(36(49)41-26)23-28-7-5-4-6-8-28/h4-14,17-18,26-27,32H,15-16,19-25H2,1-3H3,(H,40,47)(H,41,49)(H,42,50)(H,43,48)/t26-,27-,32-/m0/s1. The van der Waals surface area contributed by atoms with E-state index < -0.39 is 47.4 Å². The lowest BCUT2D eigenvalue weighted by atomic mass is 9.89. The highest BCUT2D eigenvalue weighted by molar-refractivity contribution is 5.95. The van der Waals surface area contributed by atoms with Gasteiger partial charge in [-0.05, 0) is 68.4 Å². The van der Waals surface area contributed by atoms with Crippen molar-refractivity contribution < 1.29 is 33.4 Å². The minimum Gasteiger partial charge on any atom is -0.492 e. The molecule has 3 aliphatic heterocycles. The molecule has 0 aliphatic carbocycles. The molecule has 1 saturated heterocycles. The van der Waals surface area contributed by atoms with E-state index >= 15 is 0 Å². The predicted octanol–water partition coefficient (Wildman–Crippen LogP) is 1.20. The third kappa shape index (κ3) is 10.3. The molecule has 3 atom stereocenters. The minimum absolute atomic E-state index is 0.0683. The first-order valence-electron chi connectivity index (χ1n) is 17.5. The second kappa shape index (κ2) is 17.6. The lowest BCUT2D eigenvalue weighted by Crippen LogP contribution is -2.62. The van der Waals surface area contributed by atoms with Crippen LogP contribution >= 0.6 is 0 Å². The Morgan fingerprint density at radius 1 is 0.827 bits per heavy atom. The van der Waals surface area contributed by atoms with E-state index in [-0.39, 0.29) is 58.0 Å². The van der Waals surface area contributed by atoms with Crippen molar-refractivity contribution in [2.45, 2.75) is 63.4 Å². The van der Waals surface area contributed by atoms with Gasteiger partial charge in [-0.15, -0.1) is 0 Å². The van der Waals surface area contributed by atoms with E-state index in [1.807, 2.05) is 54.4 Å². The first-order valence-corrected chi connectivity index (χ1v) is 17.5. The summed E-state index contributed by atoms with van der Waals surface area (Å²) in [6.07, 6.45) is 3.95. The highest BCUT2D eigenvalue weighted by Gasteiger charge is 2.45. The number of pyridine rings is 1. The normalized spacial score (nSPS) is 21.6. The van der Waals surface area contributed by atoms with Crippen LogP contribution in [0.2, 0.25) is 0 Å². The average molecular weight is 714 g/mol. The van der Waals surface area contributed by atoms with Crippen molar-refractivity contribution in [2.75, 3.05) is 39.8 Å². The number of ether oxygens (including phenoxy) is 2. The number of nitrogens with one attached hydrogen (secondary N) is 4. The van der Waals surface area contributed by atoms with Gasteiger partial charge in [0.05, 0.1) is 13.1 Å². The number of hydrogen-bond acceptors (Lipinski definition) is 9. The monoisotopic (exact) mass is 713 g/mol. The van der Waals surface area contributed by atoms with E-state index in [0.29, 0.717) is 18.0 Å². The number of amides is 5. The van der Waals surface area contributed by atoms with Crippen LogP contribution < -0.4 is 30.7 Å². The molecule has 52 heavy (non-hydrogen) atoms. The summed E-state index contributed by atoms with van der Waals surface area (Å²) in [7, 11) is 1.87. The smallest absolute Gasteiger partial charge is 0.264 e. The summed E-state index contributed by atoms with van der Waals surface area (Å²) in [4.78, 5) is 74.9. The van der Waals surface area contributed by atoms with Crippen molar-refractivity contribution in [1.29, 1.82) is 0 Å². The Labute approximate surface area is 303 Å².